The van der Waals surface area contributed by atoms with Crippen molar-refractivity contribution in [3.63, 3.8) is 0 Å². The van der Waals surface area contributed by atoms with Crippen molar-refractivity contribution in [2.45, 2.75) is 12.5 Å². The second-order valence-corrected chi connectivity index (χ2v) is 2.67. The van der Waals surface area contributed by atoms with Crippen molar-refractivity contribution in [2.24, 2.45) is 0 Å². The summed E-state index contributed by atoms with van der Waals surface area (Å²) in [5.74, 6) is -0.177. The molecule has 0 radical (unpaired) electrons. The molecular weight excluding hydrogens is 142 g/mol. The van der Waals surface area contributed by atoms with Gasteiger partial charge in [0, 0.05) is 6.54 Å². The predicted molar refractivity (Wildman–Crippen MR) is 42.2 cm³/mol. The fourth-order valence-corrected chi connectivity index (χ4v) is 1.17. The monoisotopic (exact) mass is 155 g/mol. The molecule has 1 aliphatic rings. The molecule has 0 saturated carbocycles. The van der Waals surface area contributed by atoms with E-state index in [4.69, 9.17) is 0 Å². The first kappa shape index (κ1) is 8.27. The third-order valence-corrected chi connectivity index (χ3v) is 1.88. The summed E-state index contributed by atoms with van der Waals surface area (Å²) >= 11 is 0. The van der Waals surface area contributed by atoms with E-state index in [-0.39, 0.29) is 12.0 Å². The van der Waals surface area contributed by atoms with Gasteiger partial charge in [-0.3, -0.25) is 9.69 Å². The number of hydrogen-bond acceptors (Lipinski definition) is 3. The van der Waals surface area contributed by atoms with E-state index in [1.54, 1.807) is 0 Å². The lowest BCUT2D eigenvalue weighted by Crippen LogP contribution is -2.40. The van der Waals surface area contributed by atoms with Gasteiger partial charge in [-0.1, -0.05) is 12.2 Å². The molecule has 0 aromatic carbocycles. The van der Waals surface area contributed by atoms with Gasteiger partial charge in [0.2, 0.25) is 0 Å². The molecule has 1 aliphatic heterocycles. The second kappa shape index (κ2) is 3.53. The molecule has 0 N–H and O–H groups in total. The zero-order valence-electron chi connectivity index (χ0n) is 6.91. The molecule has 1 rings (SSSR count). The molecule has 1 heterocycles. The summed E-state index contributed by atoms with van der Waals surface area (Å²) in [6.07, 6.45) is 4.92. The Morgan fingerprint density at radius 1 is 1.73 bits per heavy atom. The van der Waals surface area contributed by atoms with Crippen molar-refractivity contribution in [1.29, 1.82) is 0 Å². The van der Waals surface area contributed by atoms with Gasteiger partial charge in [-0.05, 0) is 13.5 Å². The molecule has 0 bridgehead atoms. The van der Waals surface area contributed by atoms with Crippen LogP contribution in [0.3, 0.4) is 0 Å². The SMILES string of the molecule is COC(=O)C1C=CCCN1C. The van der Waals surface area contributed by atoms with E-state index in [1.165, 1.54) is 7.11 Å². The summed E-state index contributed by atoms with van der Waals surface area (Å²) in [4.78, 5) is 13.0. The molecule has 1 unspecified atom stereocenters. The van der Waals surface area contributed by atoms with Crippen LogP contribution in [0.15, 0.2) is 12.2 Å². The number of likely N-dealkylation sites (N-methyl/N-ethyl adjacent to an activating group) is 1. The van der Waals surface area contributed by atoms with E-state index < -0.39 is 0 Å². The number of hydrogen-bond donors (Lipinski definition) is 0. The first-order chi connectivity index (χ1) is 5.25. The van der Waals surface area contributed by atoms with Crippen molar-refractivity contribution < 1.29 is 9.53 Å². The molecule has 0 fully saturated rings. The second-order valence-electron chi connectivity index (χ2n) is 2.67. The van der Waals surface area contributed by atoms with E-state index in [9.17, 15) is 4.79 Å². The molecule has 0 saturated heterocycles. The normalized spacial score (nSPS) is 25.1. The zero-order chi connectivity index (χ0) is 8.27. The number of methoxy groups -OCH3 is 1. The average molecular weight is 155 g/mol. The fourth-order valence-electron chi connectivity index (χ4n) is 1.17. The Morgan fingerprint density at radius 2 is 2.45 bits per heavy atom. The highest BCUT2D eigenvalue weighted by Crippen LogP contribution is 2.08. The van der Waals surface area contributed by atoms with Gasteiger partial charge in [-0.2, -0.15) is 0 Å². The van der Waals surface area contributed by atoms with Gasteiger partial charge < -0.3 is 4.74 Å². The molecule has 1 atom stereocenters. The Balaban J connectivity index is 2.61. The zero-order valence-corrected chi connectivity index (χ0v) is 6.91. The Morgan fingerprint density at radius 3 is 3.00 bits per heavy atom. The average Bonchev–Trinajstić information content (AvgIpc) is 2.04. The van der Waals surface area contributed by atoms with Crippen molar-refractivity contribution in [3.8, 4) is 0 Å². The number of esters is 1. The highest BCUT2D eigenvalue weighted by molar-refractivity contribution is 5.78. The van der Waals surface area contributed by atoms with Crippen LogP contribution in [0.2, 0.25) is 0 Å². The summed E-state index contributed by atoms with van der Waals surface area (Å²) in [6.45, 7) is 0.927. The quantitative estimate of drug-likeness (QED) is 0.406. The van der Waals surface area contributed by atoms with E-state index in [2.05, 4.69) is 4.74 Å². The van der Waals surface area contributed by atoms with E-state index in [0.29, 0.717) is 0 Å². The van der Waals surface area contributed by atoms with Crippen LogP contribution in [-0.4, -0.2) is 37.6 Å². The summed E-state index contributed by atoms with van der Waals surface area (Å²) in [7, 11) is 3.34. The molecule has 0 aliphatic carbocycles. The lowest BCUT2D eigenvalue weighted by molar-refractivity contribution is -0.144. The lowest BCUT2D eigenvalue weighted by atomic mass is 10.1. The van der Waals surface area contributed by atoms with Gasteiger partial charge in [0.1, 0.15) is 6.04 Å². The topological polar surface area (TPSA) is 29.5 Å². The Hall–Kier alpha value is -0.830. The summed E-state index contributed by atoms with van der Waals surface area (Å²) in [6, 6.07) is -0.172. The van der Waals surface area contributed by atoms with Gasteiger partial charge in [0.25, 0.3) is 0 Å². The minimum Gasteiger partial charge on any atom is -0.468 e. The highest BCUT2D eigenvalue weighted by atomic mass is 16.5. The van der Waals surface area contributed by atoms with E-state index >= 15 is 0 Å². The Bertz CT molecular complexity index is 177. The van der Waals surface area contributed by atoms with Gasteiger partial charge in [0.05, 0.1) is 7.11 Å². The number of nitrogens with zero attached hydrogens (tertiary/aromatic N) is 1. The van der Waals surface area contributed by atoms with Gasteiger partial charge in [-0.25, -0.2) is 0 Å². The van der Waals surface area contributed by atoms with Crippen molar-refractivity contribution in [2.75, 3.05) is 20.7 Å². The van der Waals surface area contributed by atoms with E-state index in [0.717, 1.165) is 13.0 Å². The van der Waals surface area contributed by atoms with Crippen LogP contribution in [0.5, 0.6) is 0 Å². The van der Waals surface area contributed by atoms with Gasteiger partial charge in [-0.15, -0.1) is 0 Å². The van der Waals surface area contributed by atoms with E-state index in [1.807, 2.05) is 24.1 Å². The van der Waals surface area contributed by atoms with Crippen LogP contribution < -0.4 is 0 Å². The maximum absolute atomic E-state index is 11.1. The van der Waals surface area contributed by atoms with Gasteiger partial charge >= 0.3 is 5.97 Å². The lowest BCUT2D eigenvalue weighted by Gasteiger charge is -2.25. The first-order valence-corrected chi connectivity index (χ1v) is 3.70. The molecule has 0 aromatic heterocycles. The van der Waals surface area contributed by atoms with Crippen molar-refractivity contribution in [1.82, 2.24) is 4.90 Å². The summed E-state index contributed by atoms with van der Waals surface area (Å²) < 4.78 is 4.63. The Kier molecular flexibility index (Phi) is 2.65. The fraction of sp³-hybridized carbons (Fsp3) is 0.625. The molecule has 11 heavy (non-hydrogen) atoms. The number of carbonyl (C=O) groups excluding carboxylic acids is 1. The third kappa shape index (κ3) is 1.80. The van der Waals surface area contributed by atoms with Crippen LogP contribution >= 0.6 is 0 Å². The van der Waals surface area contributed by atoms with Crippen LogP contribution in [0.1, 0.15) is 6.42 Å². The molecule has 62 valence electrons. The maximum atomic E-state index is 11.1. The smallest absolute Gasteiger partial charge is 0.327 e. The number of carbonyl (C=O) groups is 1. The van der Waals surface area contributed by atoms with Crippen LogP contribution in [0, 0.1) is 0 Å². The summed E-state index contributed by atoms with van der Waals surface area (Å²) in [5, 5.41) is 0. The maximum Gasteiger partial charge on any atom is 0.327 e. The first-order valence-electron chi connectivity index (χ1n) is 3.70. The van der Waals surface area contributed by atoms with Crippen LogP contribution in [-0.2, 0) is 9.53 Å². The Labute approximate surface area is 66.6 Å². The standard InChI is InChI=1S/C8H13NO2/c1-9-6-4-3-5-7(9)8(10)11-2/h3,5,7H,4,6H2,1-2H3. The summed E-state index contributed by atoms with van der Waals surface area (Å²) in [5.41, 5.74) is 0. The minimum absolute atomic E-state index is 0.172. The van der Waals surface area contributed by atoms with Crippen molar-refractivity contribution >= 4 is 5.97 Å². The van der Waals surface area contributed by atoms with Crippen LogP contribution in [0.4, 0.5) is 0 Å². The number of rotatable bonds is 1. The molecule has 0 spiro atoms. The number of ether oxygens (including phenoxy) is 1. The minimum atomic E-state index is -0.177. The molecule has 0 aromatic rings. The largest absolute Gasteiger partial charge is 0.468 e. The van der Waals surface area contributed by atoms with Gasteiger partial charge in [0.15, 0.2) is 0 Å². The predicted octanol–water partition coefficient (Wildman–Crippen LogP) is 0.420. The molecule has 3 nitrogen and oxygen atoms in total. The van der Waals surface area contributed by atoms with Crippen LogP contribution in [0.25, 0.3) is 0 Å². The molecule has 3 heteroatoms. The van der Waals surface area contributed by atoms with Crippen molar-refractivity contribution in [3.05, 3.63) is 12.2 Å². The molecule has 0 amide bonds. The third-order valence-electron chi connectivity index (χ3n) is 1.88. The molecular formula is C8H13NO2. The highest BCUT2D eigenvalue weighted by Gasteiger charge is 2.22.